The van der Waals surface area contributed by atoms with E-state index in [1.165, 1.54) is 0 Å². The molecule has 3 rings (SSSR count). The van der Waals surface area contributed by atoms with Crippen LogP contribution < -0.4 is 5.56 Å². The molecule has 1 aromatic carbocycles. The summed E-state index contributed by atoms with van der Waals surface area (Å²) in [6, 6.07) is 19.1. The van der Waals surface area contributed by atoms with Crippen molar-refractivity contribution in [2.75, 3.05) is 0 Å². The summed E-state index contributed by atoms with van der Waals surface area (Å²) in [5.41, 5.74) is 2.75. The molecule has 0 saturated heterocycles. The predicted octanol–water partition coefficient (Wildman–Crippen LogP) is 3.70. The van der Waals surface area contributed by atoms with Gasteiger partial charge >= 0.3 is 0 Å². The van der Waals surface area contributed by atoms with E-state index in [1.807, 2.05) is 54.6 Å². The zero-order chi connectivity index (χ0) is 12.5. The molecule has 1 aliphatic heterocycles. The van der Waals surface area contributed by atoms with Crippen molar-refractivity contribution < 1.29 is 0 Å². The average Bonchev–Trinajstić information content (AvgIpc) is 2.54. The quantitative estimate of drug-likeness (QED) is 0.671. The second-order valence-electron chi connectivity index (χ2n) is 4.05. The maximum atomic E-state index is 12.1. The minimum atomic E-state index is -0.00137. The number of hydrogen-bond donors (Lipinski definition) is 0. The van der Waals surface area contributed by atoms with E-state index < -0.39 is 0 Å². The maximum Gasteiger partial charge on any atom is 0.256 e. The molecule has 0 unspecified atom stereocenters. The van der Waals surface area contributed by atoms with Gasteiger partial charge in [-0.2, -0.15) is 0 Å². The van der Waals surface area contributed by atoms with E-state index in [9.17, 15) is 4.79 Å². The molecule has 0 N–H and O–H groups in total. The molecule has 3 heteroatoms. The normalized spacial score (nSPS) is 10.7. The molecule has 0 saturated carbocycles. The fourth-order valence-corrected chi connectivity index (χ4v) is 2.31. The number of aromatic nitrogens is 1. The molecule has 0 amide bonds. The minimum Gasteiger partial charge on any atom is -0.277 e. The SMILES string of the molecule is O=c1cc2cccccc-2n1-c1ccc(Br)cc1. The minimum absolute atomic E-state index is 0.00137. The summed E-state index contributed by atoms with van der Waals surface area (Å²) in [6.07, 6.45) is 0. The van der Waals surface area contributed by atoms with E-state index in [0.29, 0.717) is 0 Å². The lowest BCUT2D eigenvalue weighted by atomic mass is 10.2. The highest BCUT2D eigenvalue weighted by Gasteiger charge is 2.11. The van der Waals surface area contributed by atoms with Gasteiger partial charge in [0, 0.05) is 21.8 Å². The van der Waals surface area contributed by atoms with Gasteiger partial charge in [0.25, 0.3) is 5.56 Å². The molecule has 0 fully saturated rings. The fourth-order valence-electron chi connectivity index (χ4n) is 2.05. The highest BCUT2D eigenvalue weighted by molar-refractivity contribution is 9.10. The molecule has 88 valence electrons. The van der Waals surface area contributed by atoms with Gasteiger partial charge in [0.1, 0.15) is 0 Å². The number of nitrogens with zero attached hydrogens (tertiary/aromatic N) is 1. The Labute approximate surface area is 113 Å². The molecule has 0 spiro atoms. The van der Waals surface area contributed by atoms with Crippen molar-refractivity contribution in [3.05, 3.63) is 75.5 Å². The van der Waals surface area contributed by atoms with Gasteiger partial charge in [-0.3, -0.25) is 9.36 Å². The highest BCUT2D eigenvalue weighted by Crippen LogP contribution is 2.23. The van der Waals surface area contributed by atoms with Gasteiger partial charge in [-0.15, -0.1) is 0 Å². The molecule has 1 heterocycles. The van der Waals surface area contributed by atoms with Crippen LogP contribution in [0, 0.1) is 0 Å². The van der Waals surface area contributed by atoms with Crippen molar-refractivity contribution in [3.8, 4) is 16.9 Å². The summed E-state index contributed by atoms with van der Waals surface area (Å²) in [5.74, 6) is 0. The van der Waals surface area contributed by atoms with E-state index in [-0.39, 0.29) is 5.56 Å². The Balaban J connectivity index is 2.29. The summed E-state index contributed by atoms with van der Waals surface area (Å²) < 4.78 is 2.72. The van der Waals surface area contributed by atoms with Crippen molar-refractivity contribution in [2.45, 2.75) is 0 Å². The Morgan fingerprint density at radius 2 is 1.61 bits per heavy atom. The van der Waals surface area contributed by atoms with Crippen LogP contribution in [0.15, 0.2) is 69.9 Å². The number of hydrogen-bond acceptors (Lipinski definition) is 1. The zero-order valence-corrected chi connectivity index (χ0v) is 11.1. The van der Waals surface area contributed by atoms with Crippen molar-refractivity contribution in [3.63, 3.8) is 0 Å². The van der Waals surface area contributed by atoms with Crippen LogP contribution in [0.25, 0.3) is 16.9 Å². The van der Waals surface area contributed by atoms with Crippen LogP contribution in [-0.2, 0) is 0 Å². The van der Waals surface area contributed by atoms with Gasteiger partial charge in [-0.1, -0.05) is 40.2 Å². The van der Waals surface area contributed by atoms with Crippen LogP contribution in [0.1, 0.15) is 0 Å². The molecule has 2 aliphatic rings. The first-order valence-electron chi connectivity index (χ1n) is 5.62. The summed E-state index contributed by atoms with van der Waals surface area (Å²) in [6.45, 7) is 0. The molecule has 0 atom stereocenters. The molecule has 0 radical (unpaired) electrons. The lowest BCUT2D eigenvalue weighted by Gasteiger charge is -2.05. The lowest BCUT2D eigenvalue weighted by molar-refractivity contribution is 1.04. The molecule has 0 bridgehead atoms. The van der Waals surface area contributed by atoms with Gasteiger partial charge in [0.15, 0.2) is 0 Å². The van der Waals surface area contributed by atoms with E-state index in [0.717, 1.165) is 21.4 Å². The van der Waals surface area contributed by atoms with Crippen LogP contribution in [-0.4, -0.2) is 4.57 Å². The van der Waals surface area contributed by atoms with E-state index in [4.69, 9.17) is 0 Å². The summed E-state index contributed by atoms with van der Waals surface area (Å²) in [7, 11) is 0. The van der Waals surface area contributed by atoms with Crippen molar-refractivity contribution in [1.29, 1.82) is 0 Å². The summed E-state index contributed by atoms with van der Waals surface area (Å²) in [4.78, 5) is 12.1. The van der Waals surface area contributed by atoms with Crippen molar-refractivity contribution in [1.82, 2.24) is 4.57 Å². The number of fused-ring (bicyclic) bond motifs is 1. The van der Waals surface area contributed by atoms with Gasteiger partial charge in [-0.25, -0.2) is 0 Å². The van der Waals surface area contributed by atoms with Crippen molar-refractivity contribution >= 4 is 15.9 Å². The van der Waals surface area contributed by atoms with Crippen LogP contribution in [0.3, 0.4) is 0 Å². The van der Waals surface area contributed by atoms with E-state index in [1.54, 1.807) is 10.6 Å². The largest absolute Gasteiger partial charge is 0.277 e. The molecule has 0 aromatic heterocycles. The Morgan fingerprint density at radius 1 is 0.889 bits per heavy atom. The molecule has 2 nitrogen and oxygen atoms in total. The van der Waals surface area contributed by atoms with Crippen LogP contribution in [0.5, 0.6) is 0 Å². The highest BCUT2D eigenvalue weighted by atomic mass is 79.9. The molecule has 1 aliphatic carbocycles. The third kappa shape index (κ3) is 1.87. The summed E-state index contributed by atoms with van der Waals surface area (Å²) >= 11 is 3.40. The first-order valence-corrected chi connectivity index (χ1v) is 6.42. The van der Waals surface area contributed by atoms with Gasteiger partial charge in [-0.05, 0) is 30.3 Å². The Morgan fingerprint density at radius 3 is 2.39 bits per heavy atom. The third-order valence-electron chi connectivity index (χ3n) is 2.87. The van der Waals surface area contributed by atoms with Crippen LogP contribution in [0.2, 0.25) is 0 Å². The fraction of sp³-hybridized carbons (Fsp3) is 0. The second-order valence-corrected chi connectivity index (χ2v) is 4.96. The standard InChI is InChI=1S/C15H10BrNO/c16-12-6-8-13(9-7-12)17-14-5-3-1-2-4-11(14)10-15(17)18/h1-10H. The topological polar surface area (TPSA) is 22.0 Å². The smallest absolute Gasteiger partial charge is 0.256 e. The lowest BCUT2D eigenvalue weighted by Crippen LogP contribution is -2.11. The Hall–Kier alpha value is -1.87. The molecular weight excluding hydrogens is 290 g/mol. The van der Waals surface area contributed by atoms with Gasteiger partial charge < -0.3 is 0 Å². The third-order valence-corrected chi connectivity index (χ3v) is 3.40. The number of rotatable bonds is 1. The Bertz CT molecular complexity index is 715. The summed E-state index contributed by atoms with van der Waals surface area (Å²) in [5, 5.41) is 0. The van der Waals surface area contributed by atoms with Crippen LogP contribution >= 0.6 is 15.9 Å². The van der Waals surface area contributed by atoms with Crippen LogP contribution in [0.4, 0.5) is 0 Å². The predicted molar refractivity (Wildman–Crippen MR) is 76.4 cm³/mol. The zero-order valence-electron chi connectivity index (χ0n) is 9.51. The number of benzene rings is 1. The molecule has 1 aromatic rings. The van der Waals surface area contributed by atoms with Gasteiger partial charge in [0.2, 0.25) is 0 Å². The Kier molecular flexibility index (Phi) is 2.76. The number of halogens is 1. The van der Waals surface area contributed by atoms with Crippen molar-refractivity contribution in [2.24, 2.45) is 0 Å². The molecule has 18 heavy (non-hydrogen) atoms. The second kappa shape index (κ2) is 4.42. The van der Waals surface area contributed by atoms with E-state index >= 15 is 0 Å². The monoisotopic (exact) mass is 299 g/mol. The first-order chi connectivity index (χ1) is 8.75. The maximum absolute atomic E-state index is 12.1. The first kappa shape index (κ1) is 11.2. The molecular formula is C15H10BrNO. The van der Waals surface area contributed by atoms with Gasteiger partial charge in [0.05, 0.1) is 5.69 Å². The average molecular weight is 300 g/mol. The van der Waals surface area contributed by atoms with E-state index in [2.05, 4.69) is 15.9 Å².